The molecule has 1 unspecified atom stereocenters. The second-order valence-corrected chi connectivity index (χ2v) is 10.1. The first kappa shape index (κ1) is 20.5. The van der Waals surface area contributed by atoms with Gasteiger partial charge in [0.1, 0.15) is 17.0 Å². The number of amides is 1. The van der Waals surface area contributed by atoms with E-state index in [-0.39, 0.29) is 12.0 Å². The number of nitrogens with one attached hydrogen (secondary N) is 1. The van der Waals surface area contributed by atoms with E-state index in [1.54, 1.807) is 4.90 Å². The number of halogens is 1. The van der Waals surface area contributed by atoms with Gasteiger partial charge < -0.3 is 14.2 Å². The number of carbonyl (C=O) groups excluding carboxylic acids is 1. The summed E-state index contributed by atoms with van der Waals surface area (Å²) in [4.78, 5) is 13.7. The van der Waals surface area contributed by atoms with Gasteiger partial charge in [0, 0.05) is 24.5 Å². The largest absolute Gasteiger partial charge is 0.598 e. The van der Waals surface area contributed by atoms with E-state index >= 15 is 0 Å². The lowest BCUT2D eigenvalue weighted by molar-refractivity contribution is 0.0169. The molecule has 1 N–H and O–H groups in total. The highest BCUT2D eigenvalue weighted by atomic mass is 32.2. The molecule has 0 aromatic carbocycles. The molecule has 1 amide bonds. The van der Waals surface area contributed by atoms with E-state index in [0.717, 1.165) is 0 Å². The van der Waals surface area contributed by atoms with Crippen molar-refractivity contribution in [2.75, 3.05) is 19.8 Å². The van der Waals surface area contributed by atoms with E-state index < -0.39 is 34.4 Å². The molecule has 0 aromatic heterocycles. The van der Waals surface area contributed by atoms with Crippen LogP contribution in [0.2, 0.25) is 0 Å². The molecular formula is C16H31FN2O3S. The normalized spacial score (nSPS) is 20.3. The SMILES string of the molecule is CC(C)(C)OC(=O)N1CCC(C(CF)N[S@@+]([O-])C(C)(C)C)CC1. The molecule has 0 aliphatic carbocycles. The fourth-order valence-corrected chi connectivity index (χ4v) is 3.26. The van der Waals surface area contributed by atoms with Crippen molar-refractivity contribution in [3.8, 4) is 0 Å². The predicted molar refractivity (Wildman–Crippen MR) is 91.3 cm³/mol. The first-order valence-corrected chi connectivity index (χ1v) is 9.31. The summed E-state index contributed by atoms with van der Waals surface area (Å²) in [6, 6.07) is -0.434. The highest BCUT2D eigenvalue weighted by Crippen LogP contribution is 2.25. The Kier molecular flexibility index (Phi) is 7.16. The van der Waals surface area contributed by atoms with Gasteiger partial charge in [0.15, 0.2) is 0 Å². The van der Waals surface area contributed by atoms with Crippen molar-refractivity contribution in [3.05, 3.63) is 0 Å². The Morgan fingerprint density at radius 2 is 1.83 bits per heavy atom. The summed E-state index contributed by atoms with van der Waals surface area (Å²) in [6.45, 7) is 11.6. The molecule has 1 aliphatic heterocycles. The van der Waals surface area contributed by atoms with Crippen LogP contribution in [0.5, 0.6) is 0 Å². The second kappa shape index (κ2) is 8.03. The van der Waals surface area contributed by atoms with Gasteiger partial charge in [0.25, 0.3) is 0 Å². The molecule has 1 rings (SSSR count). The van der Waals surface area contributed by atoms with Crippen LogP contribution in [0.4, 0.5) is 9.18 Å². The van der Waals surface area contributed by atoms with Crippen molar-refractivity contribution < 1.29 is 18.5 Å². The second-order valence-electron chi connectivity index (χ2n) is 8.06. The minimum absolute atomic E-state index is 0.0741. The van der Waals surface area contributed by atoms with E-state index in [1.807, 2.05) is 41.5 Å². The molecule has 0 aromatic rings. The predicted octanol–water partition coefficient (Wildman–Crippen LogP) is 3.02. The van der Waals surface area contributed by atoms with E-state index in [9.17, 15) is 13.7 Å². The fourth-order valence-electron chi connectivity index (χ4n) is 2.38. The molecule has 0 radical (unpaired) electrons. The summed E-state index contributed by atoms with van der Waals surface area (Å²) in [5.41, 5.74) is -0.513. The van der Waals surface area contributed by atoms with Gasteiger partial charge in [-0.25, -0.2) is 9.18 Å². The fraction of sp³-hybridized carbons (Fsp3) is 0.938. The van der Waals surface area contributed by atoms with Gasteiger partial charge in [-0.2, -0.15) is 0 Å². The Morgan fingerprint density at radius 1 is 1.30 bits per heavy atom. The van der Waals surface area contributed by atoms with Gasteiger partial charge in [-0.3, -0.25) is 0 Å². The number of hydrogen-bond acceptors (Lipinski definition) is 4. The number of rotatable bonds is 4. The molecule has 1 fully saturated rings. The first-order valence-electron chi connectivity index (χ1n) is 8.16. The average Bonchev–Trinajstić information content (AvgIpc) is 2.41. The Morgan fingerprint density at radius 3 is 2.22 bits per heavy atom. The zero-order chi connectivity index (χ0) is 17.8. The summed E-state index contributed by atoms with van der Waals surface area (Å²) in [5, 5.41) is 0. The van der Waals surface area contributed by atoms with Crippen LogP contribution in [0.3, 0.4) is 0 Å². The summed E-state index contributed by atoms with van der Waals surface area (Å²) in [6.07, 6.45) is 1.05. The van der Waals surface area contributed by atoms with E-state index in [2.05, 4.69) is 4.72 Å². The lowest BCUT2D eigenvalue weighted by Crippen LogP contribution is -2.51. The Bertz CT molecular complexity index is 388. The van der Waals surface area contributed by atoms with Gasteiger partial charge >= 0.3 is 6.09 Å². The van der Waals surface area contributed by atoms with Crippen LogP contribution in [-0.4, -0.2) is 51.7 Å². The van der Waals surface area contributed by atoms with Crippen LogP contribution in [-0.2, 0) is 16.1 Å². The molecular weight excluding hydrogens is 319 g/mol. The molecule has 23 heavy (non-hydrogen) atoms. The van der Waals surface area contributed by atoms with Gasteiger partial charge in [-0.1, -0.05) is 0 Å². The summed E-state index contributed by atoms with van der Waals surface area (Å²) in [5.74, 6) is 0.0741. The van der Waals surface area contributed by atoms with Gasteiger partial charge in [0.2, 0.25) is 0 Å². The molecule has 7 heteroatoms. The van der Waals surface area contributed by atoms with Crippen LogP contribution in [0, 0.1) is 5.92 Å². The summed E-state index contributed by atoms with van der Waals surface area (Å²) < 4.78 is 33.4. The maximum absolute atomic E-state index is 13.4. The third-order valence-electron chi connectivity index (χ3n) is 3.74. The molecule has 5 nitrogen and oxygen atoms in total. The summed E-state index contributed by atoms with van der Waals surface area (Å²) in [7, 11) is 0. The number of carbonyl (C=O) groups is 1. The van der Waals surface area contributed by atoms with Crippen molar-refractivity contribution >= 4 is 17.5 Å². The maximum atomic E-state index is 13.4. The molecule has 2 atom stereocenters. The van der Waals surface area contributed by atoms with Gasteiger partial charge in [0.05, 0.1) is 6.04 Å². The lowest BCUT2D eigenvalue weighted by Gasteiger charge is -2.37. The minimum Gasteiger partial charge on any atom is -0.598 e. The van der Waals surface area contributed by atoms with Crippen LogP contribution in [0.25, 0.3) is 0 Å². The standard InChI is InChI=1S/C16H31FN2O3S/c1-15(2,3)22-14(20)19-9-7-12(8-10-19)13(11-17)18-23(21)16(4,5)6/h12-13,18H,7-11H2,1-6H3/t13?,23-/m0/s1. The van der Waals surface area contributed by atoms with Gasteiger partial charge in [-0.05, 0) is 60.3 Å². The number of piperidine rings is 1. The third-order valence-corrected chi connectivity index (χ3v) is 5.37. The van der Waals surface area contributed by atoms with Crippen molar-refractivity contribution in [1.29, 1.82) is 0 Å². The number of likely N-dealkylation sites (tertiary alicyclic amines) is 1. The summed E-state index contributed by atoms with van der Waals surface area (Å²) >= 11 is -1.30. The smallest absolute Gasteiger partial charge is 0.410 e. The van der Waals surface area contributed by atoms with Crippen molar-refractivity contribution in [1.82, 2.24) is 9.62 Å². The molecule has 0 bridgehead atoms. The van der Waals surface area contributed by atoms with E-state index in [1.165, 1.54) is 0 Å². The Balaban J connectivity index is 2.52. The van der Waals surface area contributed by atoms with Crippen LogP contribution < -0.4 is 4.72 Å². The molecule has 136 valence electrons. The third kappa shape index (κ3) is 6.85. The topological polar surface area (TPSA) is 64.6 Å². The maximum Gasteiger partial charge on any atom is 0.410 e. The van der Waals surface area contributed by atoms with Crippen LogP contribution in [0.1, 0.15) is 54.4 Å². The monoisotopic (exact) mass is 350 g/mol. The van der Waals surface area contributed by atoms with E-state index in [4.69, 9.17) is 4.74 Å². The van der Waals surface area contributed by atoms with Crippen molar-refractivity contribution in [2.45, 2.75) is 70.8 Å². The number of nitrogens with zero attached hydrogens (tertiary/aromatic N) is 1. The van der Waals surface area contributed by atoms with Crippen LogP contribution >= 0.6 is 0 Å². The highest BCUT2D eigenvalue weighted by Gasteiger charge is 2.35. The number of ether oxygens (including phenoxy) is 1. The van der Waals surface area contributed by atoms with Crippen molar-refractivity contribution in [3.63, 3.8) is 0 Å². The molecule has 1 saturated heterocycles. The molecule has 1 aliphatic rings. The molecule has 0 spiro atoms. The number of hydrogen-bond donors (Lipinski definition) is 1. The van der Waals surface area contributed by atoms with Crippen LogP contribution in [0.15, 0.2) is 0 Å². The van der Waals surface area contributed by atoms with E-state index in [0.29, 0.717) is 25.9 Å². The number of alkyl halides is 1. The highest BCUT2D eigenvalue weighted by molar-refractivity contribution is 7.90. The lowest BCUT2D eigenvalue weighted by atomic mass is 9.91. The van der Waals surface area contributed by atoms with Crippen molar-refractivity contribution in [2.24, 2.45) is 5.92 Å². The first-order chi connectivity index (χ1) is 10.4. The molecule has 1 heterocycles. The van der Waals surface area contributed by atoms with Gasteiger partial charge in [-0.15, -0.1) is 4.72 Å². The average molecular weight is 351 g/mol. The minimum atomic E-state index is -1.30. The Labute approximate surface area is 142 Å². The quantitative estimate of drug-likeness (QED) is 0.792. The zero-order valence-corrected chi connectivity index (χ0v) is 16.0. The molecule has 0 saturated carbocycles. The zero-order valence-electron chi connectivity index (χ0n) is 15.1. The Hall–Kier alpha value is -0.530.